The fourth-order valence-corrected chi connectivity index (χ4v) is 3.77. The Balaban J connectivity index is 2.64. The molecule has 0 unspecified atom stereocenters. The highest BCUT2D eigenvalue weighted by Crippen LogP contribution is 2.35. The number of rotatable bonds is 12. The van der Waals surface area contributed by atoms with Crippen LogP contribution in [0.4, 0.5) is 0 Å². The lowest BCUT2D eigenvalue weighted by Crippen LogP contribution is -2.20. The van der Waals surface area contributed by atoms with Crippen LogP contribution in [0, 0.1) is 5.92 Å². The normalized spacial score (nSPS) is 15.8. The molecule has 0 atom stereocenters. The minimum atomic E-state index is -0.366. The third kappa shape index (κ3) is 7.62. The highest BCUT2D eigenvalue weighted by molar-refractivity contribution is 6.00. The number of unbranched alkanes of at least 4 members (excludes halogenated alkanes) is 7. The van der Waals surface area contributed by atoms with Crippen LogP contribution in [-0.2, 0) is 19.1 Å². The van der Waals surface area contributed by atoms with E-state index in [4.69, 9.17) is 9.47 Å². The van der Waals surface area contributed by atoms with Crippen LogP contribution in [0.25, 0.3) is 0 Å². The molecular weight excluding hydrogens is 316 g/mol. The first-order chi connectivity index (χ1) is 12.2. The molecule has 1 aliphatic carbocycles. The number of hydrogen-bond acceptors (Lipinski definition) is 4. The van der Waals surface area contributed by atoms with E-state index in [2.05, 4.69) is 6.92 Å². The molecule has 1 rings (SSSR count). The molecule has 1 saturated carbocycles. The molecule has 0 radical (unpaired) electrons. The summed E-state index contributed by atoms with van der Waals surface area (Å²) in [5.74, 6) is -0.572. The zero-order valence-corrected chi connectivity index (χ0v) is 16.4. The zero-order chi connectivity index (χ0) is 18.5. The number of ether oxygens (including phenoxy) is 2. The lowest BCUT2D eigenvalue weighted by atomic mass is 9.90. The van der Waals surface area contributed by atoms with Crippen LogP contribution < -0.4 is 0 Å². The van der Waals surface area contributed by atoms with Gasteiger partial charge in [0.2, 0.25) is 0 Å². The molecule has 0 N–H and O–H groups in total. The van der Waals surface area contributed by atoms with Crippen LogP contribution in [0.1, 0.15) is 90.4 Å². The highest BCUT2D eigenvalue weighted by Gasteiger charge is 2.30. The van der Waals surface area contributed by atoms with Crippen LogP contribution in [0.3, 0.4) is 0 Å². The monoisotopic (exact) mass is 352 g/mol. The number of carbonyl (C=O) groups is 2. The molecule has 0 aromatic rings. The Bertz CT molecular complexity index is 433. The van der Waals surface area contributed by atoms with Crippen LogP contribution in [0.5, 0.6) is 0 Å². The second-order valence-electron chi connectivity index (χ2n) is 7.08. The molecule has 25 heavy (non-hydrogen) atoms. The third-order valence-electron chi connectivity index (χ3n) is 5.21. The molecule has 4 nitrogen and oxygen atoms in total. The van der Waals surface area contributed by atoms with E-state index >= 15 is 0 Å². The van der Waals surface area contributed by atoms with Crippen molar-refractivity contribution in [2.45, 2.75) is 90.4 Å². The van der Waals surface area contributed by atoms with Crippen molar-refractivity contribution < 1.29 is 19.1 Å². The van der Waals surface area contributed by atoms with Gasteiger partial charge in [0.05, 0.1) is 19.8 Å². The SMILES string of the molecule is CCCCCCCCCC/C(C(=O)OC)=C(/C(=O)OC)C1CCCC1. The summed E-state index contributed by atoms with van der Waals surface area (Å²) >= 11 is 0. The van der Waals surface area contributed by atoms with E-state index in [-0.39, 0.29) is 17.9 Å². The molecule has 0 bridgehead atoms. The molecule has 144 valence electrons. The van der Waals surface area contributed by atoms with Crippen molar-refractivity contribution in [2.75, 3.05) is 14.2 Å². The number of carbonyl (C=O) groups excluding carboxylic acids is 2. The Morgan fingerprint density at radius 2 is 1.32 bits per heavy atom. The second kappa shape index (κ2) is 13.0. The molecule has 0 aliphatic heterocycles. The Kier molecular flexibility index (Phi) is 11.3. The van der Waals surface area contributed by atoms with Crippen molar-refractivity contribution in [3.63, 3.8) is 0 Å². The molecular formula is C21H36O4. The maximum atomic E-state index is 12.3. The topological polar surface area (TPSA) is 52.6 Å². The van der Waals surface area contributed by atoms with Crippen molar-refractivity contribution in [3.8, 4) is 0 Å². The Morgan fingerprint density at radius 3 is 1.84 bits per heavy atom. The molecule has 4 heteroatoms. The average molecular weight is 353 g/mol. The van der Waals surface area contributed by atoms with Gasteiger partial charge in [0.1, 0.15) is 0 Å². The number of hydrogen-bond donors (Lipinski definition) is 0. The van der Waals surface area contributed by atoms with E-state index in [0.717, 1.165) is 38.5 Å². The van der Waals surface area contributed by atoms with Crippen molar-refractivity contribution in [3.05, 3.63) is 11.1 Å². The van der Waals surface area contributed by atoms with Gasteiger partial charge in [0.25, 0.3) is 0 Å². The Labute approximate surface area is 153 Å². The largest absolute Gasteiger partial charge is 0.466 e. The van der Waals surface area contributed by atoms with E-state index in [1.54, 1.807) is 0 Å². The second-order valence-corrected chi connectivity index (χ2v) is 7.08. The summed E-state index contributed by atoms with van der Waals surface area (Å²) < 4.78 is 9.94. The van der Waals surface area contributed by atoms with Gasteiger partial charge >= 0.3 is 11.9 Å². The minimum Gasteiger partial charge on any atom is -0.466 e. The predicted molar refractivity (Wildman–Crippen MR) is 100 cm³/mol. The first-order valence-corrected chi connectivity index (χ1v) is 10.0. The van der Waals surface area contributed by atoms with Gasteiger partial charge in [0, 0.05) is 5.57 Å². The van der Waals surface area contributed by atoms with Gasteiger partial charge in [-0.25, -0.2) is 9.59 Å². The van der Waals surface area contributed by atoms with Crippen molar-refractivity contribution >= 4 is 11.9 Å². The van der Waals surface area contributed by atoms with E-state index in [1.165, 1.54) is 52.7 Å². The average Bonchev–Trinajstić information content (AvgIpc) is 3.15. The van der Waals surface area contributed by atoms with Crippen molar-refractivity contribution in [1.82, 2.24) is 0 Å². The number of methoxy groups -OCH3 is 2. The highest BCUT2D eigenvalue weighted by atomic mass is 16.5. The summed E-state index contributed by atoms with van der Waals surface area (Å²) in [6.07, 6.45) is 14.4. The molecule has 0 spiro atoms. The summed E-state index contributed by atoms with van der Waals surface area (Å²) in [5.41, 5.74) is 1.13. The molecule has 0 aromatic heterocycles. The Hall–Kier alpha value is -1.32. The first-order valence-electron chi connectivity index (χ1n) is 10.0. The van der Waals surface area contributed by atoms with E-state index < -0.39 is 0 Å². The molecule has 0 amide bonds. The van der Waals surface area contributed by atoms with Gasteiger partial charge in [-0.05, 0) is 31.6 Å². The lowest BCUT2D eigenvalue weighted by Gasteiger charge is -2.17. The molecule has 1 aliphatic rings. The molecule has 0 saturated heterocycles. The van der Waals surface area contributed by atoms with Gasteiger partial charge in [-0.1, -0.05) is 64.7 Å². The summed E-state index contributed by atoms with van der Waals surface area (Å²) in [6, 6.07) is 0. The summed E-state index contributed by atoms with van der Waals surface area (Å²) in [7, 11) is 2.78. The van der Waals surface area contributed by atoms with Gasteiger partial charge in [-0.15, -0.1) is 0 Å². The standard InChI is InChI=1S/C21H36O4/c1-4-5-6-7-8-9-10-11-16-18(20(22)24-2)19(21(23)25-3)17-14-12-13-15-17/h17H,4-16H2,1-3H3/b19-18-. The fourth-order valence-electron chi connectivity index (χ4n) is 3.77. The smallest absolute Gasteiger partial charge is 0.334 e. The van der Waals surface area contributed by atoms with E-state index in [9.17, 15) is 9.59 Å². The minimum absolute atomic E-state index is 0.149. The zero-order valence-electron chi connectivity index (χ0n) is 16.4. The summed E-state index contributed by atoms with van der Waals surface area (Å²) in [4.78, 5) is 24.6. The third-order valence-corrected chi connectivity index (χ3v) is 5.21. The molecule has 0 aromatic carbocycles. The maximum absolute atomic E-state index is 12.3. The fraction of sp³-hybridized carbons (Fsp3) is 0.810. The lowest BCUT2D eigenvalue weighted by molar-refractivity contribution is -0.140. The van der Waals surface area contributed by atoms with Crippen LogP contribution in [0.2, 0.25) is 0 Å². The Morgan fingerprint density at radius 1 is 0.800 bits per heavy atom. The van der Waals surface area contributed by atoms with Crippen LogP contribution in [-0.4, -0.2) is 26.2 Å². The van der Waals surface area contributed by atoms with Gasteiger partial charge < -0.3 is 9.47 Å². The summed E-state index contributed by atoms with van der Waals surface area (Å²) in [5, 5.41) is 0. The van der Waals surface area contributed by atoms with Crippen LogP contribution >= 0.6 is 0 Å². The quantitative estimate of drug-likeness (QED) is 0.270. The van der Waals surface area contributed by atoms with Crippen LogP contribution in [0.15, 0.2) is 11.1 Å². The van der Waals surface area contributed by atoms with Gasteiger partial charge in [0.15, 0.2) is 0 Å². The van der Waals surface area contributed by atoms with Gasteiger partial charge in [-0.3, -0.25) is 0 Å². The van der Waals surface area contributed by atoms with Crippen molar-refractivity contribution in [2.24, 2.45) is 5.92 Å². The maximum Gasteiger partial charge on any atom is 0.334 e. The van der Waals surface area contributed by atoms with Crippen molar-refractivity contribution in [1.29, 1.82) is 0 Å². The molecule has 1 fully saturated rings. The summed E-state index contributed by atoms with van der Waals surface area (Å²) in [6.45, 7) is 2.23. The molecule has 0 heterocycles. The number of esters is 2. The predicted octanol–water partition coefficient (Wildman–Crippen LogP) is 5.35. The first kappa shape index (κ1) is 21.7. The van der Waals surface area contributed by atoms with E-state index in [1.807, 2.05) is 0 Å². The van der Waals surface area contributed by atoms with E-state index in [0.29, 0.717) is 17.6 Å². The van der Waals surface area contributed by atoms with Gasteiger partial charge in [-0.2, -0.15) is 0 Å².